The molecule has 0 saturated heterocycles. The van der Waals surface area contributed by atoms with E-state index < -0.39 is 12.0 Å². The number of ether oxygens (including phenoxy) is 1. The van der Waals surface area contributed by atoms with Gasteiger partial charge in [-0.2, -0.15) is 0 Å². The number of amides is 1. The third-order valence-electron chi connectivity index (χ3n) is 3.78. The first-order valence-corrected chi connectivity index (χ1v) is 7.36. The van der Waals surface area contributed by atoms with E-state index in [4.69, 9.17) is 4.74 Å². The van der Waals surface area contributed by atoms with Gasteiger partial charge >= 0.3 is 5.97 Å². The number of hydrogen-bond donors (Lipinski definition) is 2. The number of carbonyl (C=O) groups is 2. The number of rotatable bonds is 6. The highest BCUT2D eigenvalue weighted by Crippen LogP contribution is 2.17. The molecule has 1 aromatic rings. The number of benzene rings is 1. The van der Waals surface area contributed by atoms with E-state index >= 15 is 0 Å². The van der Waals surface area contributed by atoms with Crippen molar-refractivity contribution in [2.24, 2.45) is 0 Å². The van der Waals surface area contributed by atoms with E-state index in [0.717, 1.165) is 18.4 Å². The predicted octanol–water partition coefficient (Wildman–Crippen LogP) is 1.55. The number of nitrogens with one attached hydrogen (secondary N) is 2. The maximum Gasteiger partial charge on any atom is 0.333 e. The van der Waals surface area contributed by atoms with Crippen LogP contribution in [0, 0.1) is 0 Å². The van der Waals surface area contributed by atoms with Crippen molar-refractivity contribution < 1.29 is 14.3 Å². The minimum Gasteiger partial charge on any atom is -0.467 e. The van der Waals surface area contributed by atoms with Gasteiger partial charge in [0.05, 0.1) is 13.7 Å². The van der Waals surface area contributed by atoms with Gasteiger partial charge in [-0.3, -0.25) is 4.79 Å². The van der Waals surface area contributed by atoms with E-state index in [9.17, 15) is 9.59 Å². The van der Waals surface area contributed by atoms with Crippen LogP contribution in [0.5, 0.6) is 0 Å². The van der Waals surface area contributed by atoms with Crippen LogP contribution in [-0.2, 0) is 14.3 Å². The highest BCUT2D eigenvalue weighted by molar-refractivity contribution is 5.86. The molecule has 114 valence electrons. The third kappa shape index (κ3) is 4.56. The number of carbonyl (C=O) groups excluding carboxylic acids is 2. The molecule has 1 saturated carbocycles. The van der Waals surface area contributed by atoms with Gasteiger partial charge in [-0.1, -0.05) is 43.2 Å². The van der Waals surface area contributed by atoms with Gasteiger partial charge in [0.1, 0.15) is 0 Å². The fourth-order valence-corrected chi connectivity index (χ4v) is 2.62. The van der Waals surface area contributed by atoms with Crippen molar-refractivity contribution in [3.05, 3.63) is 35.9 Å². The van der Waals surface area contributed by atoms with Crippen LogP contribution in [0.15, 0.2) is 30.3 Å². The standard InChI is InChI=1S/C16H22N2O3/c1-21-16(20)15(12-7-3-2-4-8-12)18-14(19)11-17-13-9-5-6-10-13/h2-4,7-8,13,15,17H,5-6,9-11H2,1H3,(H,18,19). The van der Waals surface area contributed by atoms with E-state index in [1.807, 2.05) is 18.2 Å². The first kappa shape index (κ1) is 15.5. The molecule has 2 rings (SSSR count). The summed E-state index contributed by atoms with van der Waals surface area (Å²) >= 11 is 0. The highest BCUT2D eigenvalue weighted by atomic mass is 16.5. The first-order valence-electron chi connectivity index (χ1n) is 7.36. The molecule has 0 bridgehead atoms. The van der Waals surface area contributed by atoms with E-state index in [0.29, 0.717) is 6.04 Å². The minimum atomic E-state index is -0.755. The van der Waals surface area contributed by atoms with Crippen molar-refractivity contribution in [3.63, 3.8) is 0 Å². The molecule has 1 aliphatic rings. The Bertz CT molecular complexity index is 470. The molecule has 1 unspecified atom stereocenters. The zero-order valence-electron chi connectivity index (χ0n) is 12.3. The molecule has 21 heavy (non-hydrogen) atoms. The summed E-state index contributed by atoms with van der Waals surface area (Å²) in [6.07, 6.45) is 4.67. The Morgan fingerprint density at radius 1 is 1.24 bits per heavy atom. The van der Waals surface area contributed by atoms with Crippen molar-refractivity contribution in [1.29, 1.82) is 0 Å². The maximum absolute atomic E-state index is 12.0. The Balaban J connectivity index is 1.91. The molecule has 5 nitrogen and oxygen atoms in total. The topological polar surface area (TPSA) is 67.4 Å². The molecule has 0 spiro atoms. The lowest BCUT2D eigenvalue weighted by Crippen LogP contribution is -2.42. The van der Waals surface area contributed by atoms with Crippen LogP contribution in [0.4, 0.5) is 0 Å². The van der Waals surface area contributed by atoms with Gasteiger partial charge in [0.25, 0.3) is 0 Å². The summed E-state index contributed by atoms with van der Waals surface area (Å²) < 4.78 is 4.77. The van der Waals surface area contributed by atoms with E-state index in [-0.39, 0.29) is 12.5 Å². The monoisotopic (exact) mass is 290 g/mol. The van der Waals surface area contributed by atoms with Gasteiger partial charge in [0.15, 0.2) is 6.04 Å². The van der Waals surface area contributed by atoms with Crippen LogP contribution in [-0.4, -0.2) is 31.6 Å². The number of esters is 1. The fourth-order valence-electron chi connectivity index (χ4n) is 2.62. The van der Waals surface area contributed by atoms with Gasteiger partial charge in [-0.15, -0.1) is 0 Å². The van der Waals surface area contributed by atoms with Crippen molar-refractivity contribution in [2.45, 2.75) is 37.8 Å². The summed E-state index contributed by atoms with van der Waals surface area (Å²) in [7, 11) is 1.32. The zero-order valence-corrected chi connectivity index (χ0v) is 12.3. The molecule has 5 heteroatoms. The summed E-state index contributed by atoms with van der Waals surface area (Å²) in [6, 6.07) is 8.78. The third-order valence-corrected chi connectivity index (χ3v) is 3.78. The van der Waals surface area contributed by atoms with Crippen LogP contribution >= 0.6 is 0 Å². The zero-order chi connectivity index (χ0) is 15.1. The van der Waals surface area contributed by atoms with Crippen LogP contribution in [0.25, 0.3) is 0 Å². The Hall–Kier alpha value is -1.88. The molecule has 1 atom stereocenters. The number of hydrogen-bond acceptors (Lipinski definition) is 4. The molecule has 1 amide bonds. The molecule has 0 radical (unpaired) electrons. The van der Waals surface area contributed by atoms with Crippen LogP contribution < -0.4 is 10.6 Å². The average molecular weight is 290 g/mol. The normalized spacial score (nSPS) is 16.4. The lowest BCUT2D eigenvalue weighted by Gasteiger charge is -2.18. The van der Waals surface area contributed by atoms with Crippen molar-refractivity contribution in [3.8, 4) is 0 Å². The smallest absolute Gasteiger partial charge is 0.333 e. The summed E-state index contributed by atoms with van der Waals surface area (Å²) in [5.74, 6) is -0.656. The van der Waals surface area contributed by atoms with E-state index in [1.54, 1.807) is 12.1 Å². The number of methoxy groups -OCH3 is 1. The SMILES string of the molecule is COC(=O)C(NC(=O)CNC1CCCC1)c1ccccc1. The van der Waals surface area contributed by atoms with Gasteiger partial charge in [-0.05, 0) is 18.4 Å². The van der Waals surface area contributed by atoms with Crippen LogP contribution in [0.1, 0.15) is 37.3 Å². The first-order chi connectivity index (χ1) is 10.2. The summed E-state index contributed by atoms with van der Waals surface area (Å²) in [5, 5.41) is 5.96. The minimum absolute atomic E-state index is 0.193. The van der Waals surface area contributed by atoms with Gasteiger partial charge < -0.3 is 15.4 Å². The molecular weight excluding hydrogens is 268 g/mol. The second kappa shape index (κ2) is 7.78. The second-order valence-electron chi connectivity index (χ2n) is 5.30. The molecule has 0 heterocycles. The Labute approximate surface area is 125 Å². The molecular formula is C16H22N2O3. The molecule has 1 fully saturated rings. The largest absolute Gasteiger partial charge is 0.467 e. The highest BCUT2D eigenvalue weighted by Gasteiger charge is 2.23. The van der Waals surface area contributed by atoms with Crippen molar-refractivity contribution >= 4 is 11.9 Å². The maximum atomic E-state index is 12.0. The molecule has 0 aromatic heterocycles. The molecule has 1 aliphatic carbocycles. The molecule has 1 aromatic carbocycles. The Morgan fingerprint density at radius 3 is 2.52 bits per heavy atom. The molecule has 0 aliphatic heterocycles. The fraction of sp³-hybridized carbons (Fsp3) is 0.500. The van der Waals surface area contributed by atoms with Gasteiger partial charge in [-0.25, -0.2) is 4.79 Å². The average Bonchev–Trinajstić information content (AvgIpc) is 3.04. The summed E-state index contributed by atoms with van der Waals surface area (Å²) in [5.41, 5.74) is 0.721. The van der Waals surface area contributed by atoms with E-state index in [1.165, 1.54) is 20.0 Å². The van der Waals surface area contributed by atoms with Crippen LogP contribution in [0.3, 0.4) is 0 Å². The summed E-state index contributed by atoms with van der Waals surface area (Å²) in [6.45, 7) is 0.227. The van der Waals surface area contributed by atoms with E-state index in [2.05, 4.69) is 10.6 Å². The lowest BCUT2D eigenvalue weighted by atomic mass is 10.1. The Kier molecular flexibility index (Phi) is 5.75. The lowest BCUT2D eigenvalue weighted by molar-refractivity contribution is -0.145. The quantitative estimate of drug-likeness (QED) is 0.780. The van der Waals surface area contributed by atoms with Crippen molar-refractivity contribution in [1.82, 2.24) is 10.6 Å². The predicted molar refractivity (Wildman–Crippen MR) is 79.6 cm³/mol. The van der Waals surface area contributed by atoms with Gasteiger partial charge in [0.2, 0.25) is 5.91 Å². The summed E-state index contributed by atoms with van der Waals surface area (Å²) in [4.78, 5) is 23.9. The Morgan fingerprint density at radius 2 is 1.90 bits per heavy atom. The second-order valence-corrected chi connectivity index (χ2v) is 5.30. The van der Waals surface area contributed by atoms with Crippen molar-refractivity contribution in [2.75, 3.05) is 13.7 Å². The molecule has 2 N–H and O–H groups in total. The van der Waals surface area contributed by atoms with Crippen LogP contribution in [0.2, 0.25) is 0 Å². The van der Waals surface area contributed by atoms with Gasteiger partial charge in [0, 0.05) is 6.04 Å².